The highest BCUT2D eigenvalue weighted by Gasteiger charge is 2.73. The normalized spacial score (nSPS) is 40.6. The molecule has 2 aromatic carbocycles. The van der Waals surface area contributed by atoms with E-state index < -0.39 is 0 Å². The second-order valence-electron chi connectivity index (χ2n) is 19.3. The van der Waals surface area contributed by atoms with E-state index in [1.165, 1.54) is 63.2 Å². The van der Waals surface area contributed by atoms with Gasteiger partial charge >= 0.3 is 11.9 Å². The average molecular weight is 677 g/mol. The summed E-state index contributed by atoms with van der Waals surface area (Å²) in [7, 11) is 1.44. The summed E-state index contributed by atoms with van der Waals surface area (Å²) in [6.07, 6.45) is 15.7. The molecule has 0 aromatic heterocycles. The van der Waals surface area contributed by atoms with Crippen LogP contribution in [0.1, 0.15) is 134 Å². The van der Waals surface area contributed by atoms with Crippen molar-refractivity contribution in [1.82, 2.24) is 0 Å². The van der Waals surface area contributed by atoms with Crippen molar-refractivity contribution in [1.29, 1.82) is 0 Å². The standard InChI is InChI=1S/C46H60O4/c1-41(2)33(31-13-15-32(16-14-31)39(47)49-7)19-22-43(4)36(41)21-23-45(6)37(43)18-17-35-38-34(42(3)25-26-42)20-24-46(38,28-27-44(35,45)5)40(48)50-29-30-11-9-8-10-12-30/h8-16,19,34-38H,17-18,20-29H2,1-7H3/t34-,35-,36+,37-,38-,43+,44-,45-,46+/m1/s1. The lowest BCUT2D eigenvalue weighted by atomic mass is 9.32. The lowest BCUT2D eigenvalue weighted by molar-refractivity contribution is -0.232. The summed E-state index contributed by atoms with van der Waals surface area (Å²) in [6, 6.07) is 18.4. The number of hydrogen-bond donors (Lipinski definition) is 0. The lowest BCUT2D eigenvalue weighted by Gasteiger charge is -2.72. The highest BCUT2D eigenvalue weighted by molar-refractivity contribution is 5.90. The largest absolute Gasteiger partial charge is 0.465 e. The fourth-order valence-corrected chi connectivity index (χ4v) is 14.2. The average Bonchev–Trinajstić information content (AvgIpc) is 3.72. The second kappa shape index (κ2) is 11.6. The SMILES string of the molecule is COC(=O)c1ccc(C2=CC[C@]3(C)[C@H]4CC[C@@H]5[C@H]6[C@H](C7(C)CC7)CC[C@]6(C(=O)OCc6ccccc6)CC[C@@]5(C)[C@]4(C)CC[C@H]3C2(C)C)cc1. The van der Waals surface area contributed by atoms with Gasteiger partial charge in [-0.15, -0.1) is 0 Å². The molecule has 4 heteroatoms. The minimum atomic E-state index is -0.326. The van der Waals surface area contributed by atoms with Crippen LogP contribution in [0.25, 0.3) is 5.57 Å². The molecule has 0 N–H and O–H groups in total. The van der Waals surface area contributed by atoms with E-state index in [0.29, 0.717) is 47.2 Å². The van der Waals surface area contributed by atoms with E-state index in [1.54, 1.807) is 0 Å². The van der Waals surface area contributed by atoms with Crippen molar-refractivity contribution < 1.29 is 19.1 Å². The molecule has 9 atom stereocenters. The Bertz CT molecular complexity index is 1680. The number of ether oxygens (including phenoxy) is 2. The quantitative estimate of drug-likeness (QED) is 0.286. The van der Waals surface area contributed by atoms with Crippen LogP contribution >= 0.6 is 0 Å². The smallest absolute Gasteiger partial charge is 0.337 e. The Labute approximate surface area is 301 Å². The predicted octanol–water partition coefficient (Wildman–Crippen LogP) is 11.1. The monoisotopic (exact) mass is 676 g/mol. The van der Waals surface area contributed by atoms with Crippen molar-refractivity contribution in [2.75, 3.05) is 7.11 Å². The van der Waals surface area contributed by atoms with Gasteiger partial charge in [-0.1, -0.05) is 90.1 Å². The van der Waals surface area contributed by atoms with Gasteiger partial charge in [0.25, 0.3) is 0 Å². The summed E-state index contributed by atoms with van der Waals surface area (Å²) in [4.78, 5) is 26.6. The number of benzene rings is 2. The van der Waals surface area contributed by atoms with Gasteiger partial charge in [0.1, 0.15) is 6.61 Å². The molecule has 0 radical (unpaired) electrons. The van der Waals surface area contributed by atoms with Crippen LogP contribution in [0.4, 0.5) is 0 Å². The Balaban J connectivity index is 1.10. The van der Waals surface area contributed by atoms with Gasteiger partial charge in [0.15, 0.2) is 0 Å². The fraction of sp³-hybridized carbons (Fsp3) is 0.652. The van der Waals surface area contributed by atoms with Crippen LogP contribution in [0.2, 0.25) is 0 Å². The Morgan fingerprint density at radius 3 is 2.12 bits per heavy atom. The molecule has 0 heterocycles. The van der Waals surface area contributed by atoms with Crippen LogP contribution in [-0.4, -0.2) is 19.0 Å². The van der Waals surface area contributed by atoms with Crippen molar-refractivity contribution in [3.05, 3.63) is 77.4 Å². The molecule has 2 aromatic rings. The molecule has 0 bridgehead atoms. The molecule has 0 saturated heterocycles. The van der Waals surface area contributed by atoms with Gasteiger partial charge in [-0.05, 0) is 156 Å². The maximum Gasteiger partial charge on any atom is 0.337 e. The number of esters is 2. The molecule has 6 aliphatic carbocycles. The fourth-order valence-electron chi connectivity index (χ4n) is 14.2. The number of allylic oxidation sites excluding steroid dienone is 2. The van der Waals surface area contributed by atoms with Crippen LogP contribution in [0.3, 0.4) is 0 Å². The van der Waals surface area contributed by atoms with Gasteiger partial charge in [-0.25, -0.2) is 4.79 Å². The van der Waals surface area contributed by atoms with E-state index in [-0.39, 0.29) is 39.0 Å². The maximum absolute atomic E-state index is 14.5. The van der Waals surface area contributed by atoms with E-state index in [0.717, 1.165) is 31.2 Å². The van der Waals surface area contributed by atoms with Crippen LogP contribution < -0.4 is 0 Å². The zero-order chi connectivity index (χ0) is 35.3. The molecule has 268 valence electrons. The topological polar surface area (TPSA) is 52.6 Å². The molecule has 5 saturated carbocycles. The molecule has 0 aliphatic heterocycles. The van der Waals surface area contributed by atoms with Crippen molar-refractivity contribution in [2.24, 2.45) is 62.1 Å². The number of carbonyl (C=O) groups is 2. The van der Waals surface area contributed by atoms with E-state index in [2.05, 4.69) is 71.9 Å². The van der Waals surface area contributed by atoms with Gasteiger partial charge in [0.2, 0.25) is 0 Å². The molecule has 50 heavy (non-hydrogen) atoms. The van der Waals surface area contributed by atoms with Crippen molar-refractivity contribution in [2.45, 2.75) is 119 Å². The number of fused-ring (bicyclic) bond motifs is 7. The molecule has 8 rings (SSSR count). The Kier molecular flexibility index (Phi) is 7.91. The van der Waals surface area contributed by atoms with Crippen LogP contribution in [0.15, 0.2) is 60.7 Å². The summed E-state index contributed by atoms with van der Waals surface area (Å²) in [5.41, 5.74) is 5.13. The van der Waals surface area contributed by atoms with E-state index in [9.17, 15) is 9.59 Å². The third-order valence-corrected chi connectivity index (χ3v) is 17.2. The first-order chi connectivity index (χ1) is 23.7. The van der Waals surface area contributed by atoms with Gasteiger partial charge < -0.3 is 9.47 Å². The van der Waals surface area contributed by atoms with Crippen LogP contribution in [0, 0.1) is 62.1 Å². The maximum atomic E-state index is 14.5. The molecule has 4 nitrogen and oxygen atoms in total. The third kappa shape index (κ3) is 4.74. The van der Waals surface area contributed by atoms with Crippen molar-refractivity contribution in [3.8, 4) is 0 Å². The van der Waals surface area contributed by atoms with E-state index in [4.69, 9.17) is 9.47 Å². The lowest BCUT2D eigenvalue weighted by Crippen LogP contribution is -2.66. The molecular weight excluding hydrogens is 617 g/mol. The number of rotatable bonds is 6. The molecule has 5 fully saturated rings. The first-order valence-electron chi connectivity index (χ1n) is 19.8. The number of carbonyl (C=O) groups excluding carboxylic acids is 2. The van der Waals surface area contributed by atoms with E-state index >= 15 is 0 Å². The summed E-state index contributed by atoms with van der Waals surface area (Å²) in [6.45, 7) is 15.9. The highest BCUT2D eigenvalue weighted by Crippen LogP contribution is 2.79. The third-order valence-electron chi connectivity index (χ3n) is 17.2. The summed E-state index contributed by atoms with van der Waals surface area (Å²) in [5.74, 6) is 2.71. The summed E-state index contributed by atoms with van der Waals surface area (Å²) in [5, 5.41) is 0. The van der Waals surface area contributed by atoms with Crippen molar-refractivity contribution >= 4 is 17.5 Å². The van der Waals surface area contributed by atoms with Crippen molar-refractivity contribution in [3.63, 3.8) is 0 Å². The Morgan fingerprint density at radius 1 is 0.720 bits per heavy atom. The molecule has 6 aliphatic rings. The molecule has 0 spiro atoms. The molecule has 0 unspecified atom stereocenters. The Hall–Kier alpha value is -2.88. The first kappa shape index (κ1) is 34.2. The molecule has 0 amide bonds. The summed E-state index contributed by atoms with van der Waals surface area (Å²) >= 11 is 0. The van der Waals surface area contributed by atoms with Gasteiger partial charge in [-0.3, -0.25) is 4.79 Å². The minimum absolute atomic E-state index is 0.0280. The van der Waals surface area contributed by atoms with E-state index in [1.807, 2.05) is 30.3 Å². The van der Waals surface area contributed by atoms with Gasteiger partial charge in [0, 0.05) is 0 Å². The highest BCUT2D eigenvalue weighted by atomic mass is 16.5. The van der Waals surface area contributed by atoms with Gasteiger partial charge in [-0.2, -0.15) is 0 Å². The second-order valence-corrected chi connectivity index (χ2v) is 19.3. The number of hydrogen-bond acceptors (Lipinski definition) is 4. The Morgan fingerprint density at radius 2 is 1.44 bits per heavy atom. The zero-order valence-corrected chi connectivity index (χ0v) is 31.8. The van der Waals surface area contributed by atoms with Gasteiger partial charge in [0.05, 0.1) is 18.1 Å². The predicted molar refractivity (Wildman–Crippen MR) is 199 cm³/mol. The minimum Gasteiger partial charge on any atom is -0.465 e. The number of methoxy groups -OCH3 is 1. The first-order valence-corrected chi connectivity index (χ1v) is 19.8. The van der Waals surface area contributed by atoms with Crippen LogP contribution in [0.5, 0.6) is 0 Å². The van der Waals surface area contributed by atoms with Crippen LogP contribution in [-0.2, 0) is 20.9 Å². The zero-order valence-electron chi connectivity index (χ0n) is 31.8. The molecular formula is C46H60O4. The summed E-state index contributed by atoms with van der Waals surface area (Å²) < 4.78 is 11.3.